The quantitative estimate of drug-likeness (QED) is 0.440. The standard InChI is InChI=1S/C21H27ClN4.C10H15NO/c1-3-19-20(15(2)23)14-24-25-21(19)26-12-10-17(11-13-26)5-4-16-6-8-18(22)9-7-16;1-9-4-6-10(7-5-9)12-8-11(2)3/h3,6-9,14,17H,4-5,10-13,23H2,1-2H3;4-7H,8H2,1-3H3/b19-3+,20-15+;. The minimum absolute atomic E-state index is 0.628. The largest absolute Gasteiger partial charge is 0.478 e. The molecular weight excluding hydrogens is 494 g/mol. The van der Waals surface area contributed by atoms with E-state index in [0.29, 0.717) is 6.73 Å². The topological polar surface area (TPSA) is 67.5 Å². The highest BCUT2D eigenvalue weighted by atomic mass is 35.5. The fourth-order valence-electron chi connectivity index (χ4n) is 4.51. The van der Waals surface area contributed by atoms with Crippen molar-refractivity contribution in [3.63, 3.8) is 0 Å². The van der Waals surface area contributed by atoms with Gasteiger partial charge in [-0.25, -0.2) is 0 Å². The molecule has 6 nitrogen and oxygen atoms in total. The third-order valence-electron chi connectivity index (χ3n) is 6.76. The zero-order valence-electron chi connectivity index (χ0n) is 23.5. The third kappa shape index (κ3) is 9.03. The molecule has 0 aliphatic carbocycles. The zero-order valence-corrected chi connectivity index (χ0v) is 24.2. The highest BCUT2D eigenvalue weighted by Crippen LogP contribution is 2.24. The normalized spacial score (nSPS) is 15.2. The molecule has 1 aliphatic rings. The Morgan fingerprint density at radius 2 is 1.76 bits per heavy atom. The lowest BCUT2D eigenvalue weighted by molar-refractivity contribution is 0.179. The Balaban J connectivity index is 0.000000279. The van der Waals surface area contributed by atoms with Crippen molar-refractivity contribution < 1.29 is 4.74 Å². The van der Waals surface area contributed by atoms with Crippen molar-refractivity contribution in [2.24, 2.45) is 11.7 Å². The third-order valence-corrected chi connectivity index (χ3v) is 7.01. The van der Waals surface area contributed by atoms with Gasteiger partial charge < -0.3 is 15.4 Å². The number of aromatic nitrogens is 2. The maximum absolute atomic E-state index is 6.02. The molecule has 38 heavy (non-hydrogen) atoms. The molecule has 1 aromatic heterocycles. The Kier molecular flexibility index (Phi) is 11.4. The molecule has 2 N–H and O–H groups in total. The van der Waals surface area contributed by atoms with Crippen molar-refractivity contribution >= 4 is 29.2 Å². The van der Waals surface area contributed by atoms with Crippen LogP contribution in [0.3, 0.4) is 0 Å². The van der Waals surface area contributed by atoms with E-state index in [2.05, 4.69) is 40.2 Å². The molecule has 0 atom stereocenters. The number of aryl methyl sites for hydroxylation is 2. The summed E-state index contributed by atoms with van der Waals surface area (Å²) < 4.78 is 5.45. The lowest BCUT2D eigenvalue weighted by atomic mass is 9.90. The molecule has 1 saturated heterocycles. The minimum atomic E-state index is 0.628. The lowest BCUT2D eigenvalue weighted by Gasteiger charge is -2.33. The van der Waals surface area contributed by atoms with Crippen LogP contribution in [0.5, 0.6) is 5.75 Å². The van der Waals surface area contributed by atoms with Gasteiger partial charge in [-0.05, 0) is 96.3 Å². The van der Waals surface area contributed by atoms with E-state index < -0.39 is 0 Å². The fraction of sp³-hybridized carbons (Fsp3) is 0.419. The molecule has 0 unspecified atom stereocenters. The molecule has 3 aromatic rings. The molecule has 204 valence electrons. The van der Waals surface area contributed by atoms with Crippen molar-refractivity contribution in [2.45, 2.75) is 46.5 Å². The first-order chi connectivity index (χ1) is 18.3. The van der Waals surface area contributed by atoms with Crippen molar-refractivity contribution in [1.82, 2.24) is 15.1 Å². The number of rotatable bonds is 7. The highest BCUT2D eigenvalue weighted by molar-refractivity contribution is 6.30. The van der Waals surface area contributed by atoms with E-state index in [1.165, 1.54) is 30.4 Å². The van der Waals surface area contributed by atoms with Gasteiger partial charge in [-0.1, -0.05) is 47.5 Å². The van der Waals surface area contributed by atoms with Crippen LogP contribution in [0.2, 0.25) is 5.02 Å². The first-order valence-electron chi connectivity index (χ1n) is 13.3. The van der Waals surface area contributed by atoms with Crippen LogP contribution in [0.1, 0.15) is 44.2 Å². The number of anilines is 1. The Morgan fingerprint density at radius 3 is 2.34 bits per heavy atom. The van der Waals surface area contributed by atoms with Crippen LogP contribution >= 0.6 is 11.6 Å². The Morgan fingerprint density at radius 1 is 1.11 bits per heavy atom. The second-order valence-electron chi connectivity index (χ2n) is 10.2. The summed E-state index contributed by atoms with van der Waals surface area (Å²) in [6.07, 6.45) is 8.56. The summed E-state index contributed by atoms with van der Waals surface area (Å²) in [6.45, 7) is 8.68. The Bertz CT molecular complexity index is 1250. The second-order valence-corrected chi connectivity index (χ2v) is 10.7. The first-order valence-corrected chi connectivity index (χ1v) is 13.7. The SMILES string of the molecule is C/C=c1/c(N2CCC(CCc3ccc(Cl)cc3)CC2)nnc/c1=C(/C)N.Cc1ccc(OCN(C)C)cc1. The van der Waals surface area contributed by atoms with E-state index in [9.17, 15) is 0 Å². The zero-order chi connectivity index (χ0) is 27.5. The highest BCUT2D eigenvalue weighted by Gasteiger charge is 2.21. The van der Waals surface area contributed by atoms with Crippen molar-refractivity contribution in [1.29, 1.82) is 0 Å². The predicted octanol–water partition coefficient (Wildman–Crippen LogP) is 4.76. The molecule has 2 heterocycles. The van der Waals surface area contributed by atoms with Gasteiger partial charge in [0.2, 0.25) is 0 Å². The van der Waals surface area contributed by atoms with Crippen molar-refractivity contribution in [3.8, 4) is 5.75 Å². The van der Waals surface area contributed by atoms with E-state index in [4.69, 9.17) is 22.1 Å². The lowest BCUT2D eigenvalue weighted by Crippen LogP contribution is -2.42. The number of piperidine rings is 1. The maximum atomic E-state index is 6.02. The molecule has 0 bridgehead atoms. The molecule has 1 fully saturated rings. The van der Waals surface area contributed by atoms with Gasteiger partial charge in [0, 0.05) is 34.2 Å². The molecule has 0 saturated carbocycles. The fourth-order valence-corrected chi connectivity index (χ4v) is 4.64. The van der Waals surface area contributed by atoms with E-state index >= 15 is 0 Å². The number of halogens is 1. The van der Waals surface area contributed by atoms with E-state index in [1.807, 2.05) is 69.2 Å². The van der Waals surface area contributed by atoms with Gasteiger partial charge in [0.05, 0.1) is 6.20 Å². The van der Waals surface area contributed by atoms with Gasteiger partial charge in [-0.3, -0.25) is 4.90 Å². The molecular formula is C31H42ClN5O. The van der Waals surface area contributed by atoms with Gasteiger partial charge in [-0.2, -0.15) is 5.10 Å². The second kappa shape index (κ2) is 14.7. The van der Waals surface area contributed by atoms with E-state index in [-0.39, 0.29) is 0 Å². The first kappa shape index (κ1) is 29.5. The van der Waals surface area contributed by atoms with Crippen molar-refractivity contribution in [3.05, 3.63) is 81.3 Å². The van der Waals surface area contributed by atoms with Crippen LogP contribution in [0, 0.1) is 12.8 Å². The van der Waals surface area contributed by atoms with Crippen LogP contribution in [0.25, 0.3) is 11.8 Å². The average Bonchev–Trinajstić information content (AvgIpc) is 2.92. The Labute approximate surface area is 232 Å². The summed E-state index contributed by atoms with van der Waals surface area (Å²) in [7, 11) is 3.96. The van der Waals surface area contributed by atoms with Gasteiger partial charge in [0.25, 0.3) is 0 Å². The van der Waals surface area contributed by atoms with Crippen LogP contribution in [0.4, 0.5) is 5.82 Å². The summed E-state index contributed by atoms with van der Waals surface area (Å²) in [4.78, 5) is 4.34. The molecule has 7 heteroatoms. The van der Waals surface area contributed by atoms with E-state index in [1.54, 1.807) is 6.20 Å². The Hall–Kier alpha value is -3.09. The summed E-state index contributed by atoms with van der Waals surface area (Å²) in [6, 6.07) is 16.3. The smallest absolute Gasteiger partial charge is 0.158 e. The van der Waals surface area contributed by atoms with Crippen LogP contribution in [0.15, 0.2) is 54.7 Å². The molecule has 0 amide bonds. The summed E-state index contributed by atoms with van der Waals surface area (Å²) in [5.74, 6) is 2.65. The van der Waals surface area contributed by atoms with Gasteiger partial charge in [0.15, 0.2) is 5.82 Å². The summed E-state index contributed by atoms with van der Waals surface area (Å²) in [5.41, 5.74) is 9.43. The van der Waals surface area contributed by atoms with Crippen LogP contribution in [-0.2, 0) is 6.42 Å². The number of ether oxygens (including phenoxy) is 1. The van der Waals surface area contributed by atoms with Gasteiger partial charge >= 0.3 is 0 Å². The average molecular weight is 536 g/mol. The number of nitrogens with zero attached hydrogens (tertiary/aromatic N) is 4. The van der Waals surface area contributed by atoms with Crippen molar-refractivity contribution in [2.75, 3.05) is 38.8 Å². The molecule has 0 radical (unpaired) electrons. The molecule has 1 aliphatic heterocycles. The molecule has 4 rings (SSSR count). The minimum Gasteiger partial charge on any atom is -0.478 e. The summed E-state index contributed by atoms with van der Waals surface area (Å²) >= 11 is 5.96. The number of hydrogen-bond acceptors (Lipinski definition) is 6. The number of hydrogen-bond donors (Lipinski definition) is 1. The van der Waals surface area contributed by atoms with Crippen LogP contribution in [-0.4, -0.2) is 49.0 Å². The molecule has 2 aromatic carbocycles. The predicted molar refractivity (Wildman–Crippen MR) is 160 cm³/mol. The molecule has 0 spiro atoms. The number of nitrogens with two attached hydrogens (primary N) is 1. The summed E-state index contributed by atoms with van der Waals surface area (Å²) in [5, 5.41) is 11.5. The van der Waals surface area contributed by atoms with Crippen LogP contribution < -0.4 is 25.8 Å². The maximum Gasteiger partial charge on any atom is 0.158 e. The number of benzene rings is 2. The van der Waals surface area contributed by atoms with E-state index in [0.717, 1.165) is 58.2 Å². The monoisotopic (exact) mass is 535 g/mol. The van der Waals surface area contributed by atoms with Gasteiger partial charge in [0.1, 0.15) is 12.5 Å². The van der Waals surface area contributed by atoms with Gasteiger partial charge in [-0.15, -0.1) is 5.10 Å².